The predicted octanol–water partition coefficient (Wildman–Crippen LogP) is 2.61. The summed E-state index contributed by atoms with van der Waals surface area (Å²) in [5, 5.41) is 11.1. The third-order valence-electron chi connectivity index (χ3n) is 5.32. The molecule has 2 fully saturated rings. The quantitative estimate of drug-likeness (QED) is 0.776. The summed E-state index contributed by atoms with van der Waals surface area (Å²) in [7, 11) is 0. The van der Waals surface area contributed by atoms with Crippen LogP contribution in [0.25, 0.3) is 22.6 Å². The molecule has 3 aromatic rings. The normalized spacial score (nSPS) is 28.8. The topological polar surface area (TPSA) is 69.7 Å². The van der Waals surface area contributed by atoms with Gasteiger partial charge < -0.3 is 23.6 Å². The summed E-state index contributed by atoms with van der Waals surface area (Å²) in [5.74, 6) is 1.54. The number of hydrogen-bond donors (Lipinski definition) is 1. The van der Waals surface area contributed by atoms with E-state index in [0.29, 0.717) is 13.2 Å². The molecule has 0 amide bonds. The van der Waals surface area contributed by atoms with Crippen LogP contribution < -0.4 is 0 Å². The maximum Gasteiger partial charge on any atom is 0.176 e. The highest BCUT2D eigenvalue weighted by atomic mass is 16.6. The Morgan fingerprint density at radius 3 is 2.88 bits per heavy atom. The minimum absolute atomic E-state index is 0.0194. The number of imidazole rings is 1. The number of fused-ring (bicyclic) bond motifs is 2. The molecule has 1 N–H and O–H groups in total. The monoisotopic (exact) mass is 340 g/mol. The molecule has 130 valence electrons. The highest BCUT2D eigenvalue weighted by molar-refractivity contribution is 5.87. The summed E-state index contributed by atoms with van der Waals surface area (Å²) in [4.78, 5) is 4.54. The van der Waals surface area contributed by atoms with Gasteiger partial charge in [-0.25, -0.2) is 4.98 Å². The van der Waals surface area contributed by atoms with E-state index < -0.39 is 6.10 Å². The van der Waals surface area contributed by atoms with Crippen LogP contribution in [0.5, 0.6) is 0 Å². The van der Waals surface area contributed by atoms with Crippen LogP contribution in [0.2, 0.25) is 0 Å². The predicted molar refractivity (Wildman–Crippen MR) is 91.4 cm³/mol. The first-order valence-electron chi connectivity index (χ1n) is 8.57. The second-order valence-corrected chi connectivity index (χ2v) is 6.94. The summed E-state index contributed by atoms with van der Waals surface area (Å²) in [6, 6.07) is 6.16. The number of hydrogen-bond acceptors (Lipinski definition) is 5. The van der Waals surface area contributed by atoms with Gasteiger partial charge in [0, 0.05) is 23.3 Å². The van der Waals surface area contributed by atoms with Gasteiger partial charge in [-0.1, -0.05) is 11.6 Å². The van der Waals surface area contributed by atoms with Gasteiger partial charge in [0.15, 0.2) is 11.6 Å². The van der Waals surface area contributed by atoms with Crippen LogP contribution in [0.4, 0.5) is 0 Å². The third-order valence-corrected chi connectivity index (χ3v) is 5.32. The standard InChI is InChI=1S/C19H20N2O4/c1-10-3-4-15-12(7-10)11(2)16(25-15)19-20-5-6-21(19)13-8-23-18-14(22)9-24-17(13)18/h3-7,13-14,17-18,22H,8-9H2,1-2H3/t13-,14+,17+,18+/m0/s1. The molecule has 6 heteroatoms. The lowest BCUT2D eigenvalue weighted by molar-refractivity contribution is 0.0172. The minimum Gasteiger partial charge on any atom is -0.453 e. The number of ether oxygens (including phenoxy) is 2. The van der Waals surface area contributed by atoms with Crippen molar-refractivity contribution in [2.75, 3.05) is 13.2 Å². The second-order valence-electron chi connectivity index (χ2n) is 6.94. The lowest BCUT2D eigenvalue weighted by Gasteiger charge is -2.19. The van der Waals surface area contributed by atoms with Crippen molar-refractivity contribution in [2.45, 2.75) is 38.2 Å². The number of nitrogens with zero attached hydrogens (tertiary/aromatic N) is 2. The zero-order chi connectivity index (χ0) is 17.1. The Kier molecular flexibility index (Phi) is 3.28. The molecule has 6 nitrogen and oxygen atoms in total. The molecule has 0 spiro atoms. The molecule has 0 radical (unpaired) electrons. The number of aryl methyl sites for hydroxylation is 2. The summed E-state index contributed by atoms with van der Waals surface area (Å²) in [5.41, 5.74) is 3.14. The van der Waals surface area contributed by atoms with Crippen molar-refractivity contribution in [1.29, 1.82) is 0 Å². The van der Waals surface area contributed by atoms with E-state index in [2.05, 4.69) is 29.5 Å². The van der Waals surface area contributed by atoms with E-state index in [-0.39, 0.29) is 18.2 Å². The molecule has 25 heavy (non-hydrogen) atoms. The largest absolute Gasteiger partial charge is 0.453 e. The van der Waals surface area contributed by atoms with E-state index in [4.69, 9.17) is 13.9 Å². The Morgan fingerprint density at radius 2 is 2.00 bits per heavy atom. The van der Waals surface area contributed by atoms with Crippen LogP contribution in [0.15, 0.2) is 35.0 Å². The Balaban J connectivity index is 1.59. The number of rotatable bonds is 2. The lowest BCUT2D eigenvalue weighted by atomic mass is 10.1. The van der Waals surface area contributed by atoms with Crippen molar-refractivity contribution in [3.8, 4) is 11.6 Å². The van der Waals surface area contributed by atoms with Gasteiger partial charge in [0.2, 0.25) is 0 Å². The van der Waals surface area contributed by atoms with E-state index >= 15 is 0 Å². The maximum atomic E-state index is 9.97. The lowest BCUT2D eigenvalue weighted by Crippen LogP contribution is -2.30. The van der Waals surface area contributed by atoms with Crippen molar-refractivity contribution in [3.63, 3.8) is 0 Å². The molecule has 1 aromatic carbocycles. The Bertz CT molecular complexity index is 944. The highest BCUT2D eigenvalue weighted by Gasteiger charge is 2.48. The molecule has 0 saturated carbocycles. The molecule has 0 bridgehead atoms. The van der Waals surface area contributed by atoms with Crippen molar-refractivity contribution < 1.29 is 19.0 Å². The first-order chi connectivity index (χ1) is 12.1. The summed E-state index contributed by atoms with van der Waals surface area (Å²) in [6.45, 7) is 4.95. The molecule has 5 rings (SSSR count). The molecule has 4 atom stereocenters. The van der Waals surface area contributed by atoms with Crippen LogP contribution in [0.3, 0.4) is 0 Å². The molecular formula is C19H20N2O4. The number of aliphatic hydroxyl groups is 1. The van der Waals surface area contributed by atoms with E-state index in [1.54, 1.807) is 6.20 Å². The van der Waals surface area contributed by atoms with Crippen LogP contribution >= 0.6 is 0 Å². The van der Waals surface area contributed by atoms with Gasteiger partial charge in [-0.05, 0) is 26.0 Å². The van der Waals surface area contributed by atoms with Crippen molar-refractivity contribution in [2.24, 2.45) is 0 Å². The van der Waals surface area contributed by atoms with Gasteiger partial charge in [0.25, 0.3) is 0 Å². The molecular weight excluding hydrogens is 320 g/mol. The van der Waals surface area contributed by atoms with Gasteiger partial charge in [-0.15, -0.1) is 0 Å². The number of aromatic nitrogens is 2. The van der Waals surface area contributed by atoms with E-state index in [1.807, 2.05) is 18.3 Å². The van der Waals surface area contributed by atoms with E-state index in [1.165, 1.54) is 5.56 Å². The van der Waals surface area contributed by atoms with Crippen LogP contribution in [-0.2, 0) is 9.47 Å². The average Bonchev–Trinajstić information content (AvgIpc) is 3.34. The van der Waals surface area contributed by atoms with Gasteiger partial charge in [0.05, 0.1) is 19.3 Å². The van der Waals surface area contributed by atoms with Gasteiger partial charge in [0.1, 0.15) is 23.9 Å². The number of benzene rings is 1. The Hall–Kier alpha value is -2.15. The Morgan fingerprint density at radius 1 is 1.16 bits per heavy atom. The fraction of sp³-hybridized carbons (Fsp3) is 0.421. The number of furan rings is 1. The molecule has 2 aliphatic rings. The SMILES string of the molecule is Cc1ccc2oc(-c3nccn3[C@H]3CO[C@H]4[C@@H]3OC[C@H]4O)c(C)c2c1. The maximum absolute atomic E-state index is 9.97. The van der Waals surface area contributed by atoms with Crippen LogP contribution in [0, 0.1) is 13.8 Å². The van der Waals surface area contributed by atoms with Crippen LogP contribution in [0.1, 0.15) is 17.2 Å². The van der Waals surface area contributed by atoms with Gasteiger partial charge in [-0.3, -0.25) is 0 Å². The fourth-order valence-corrected chi connectivity index (χ4v) is 4.00. The zero-order valence-electron chi connectivity index (χ0n) is 14.2. The first-order valence-corrected chi connectivity index (χ1v) is 8.57. The van der Waals surface area contributed by atoms with Crippen molar-refractivity contribution >= 4 is 11.0 Å². The summed E-state index contributed by atoms with van der Waals surface area (Å²) < 4.78 is 19.7. The Labute approximate surface area is 145 Å². The van der Waals surface area contributed by atoms with E-state index in [9.17, 15) is 5.11 Å². The number of aliphatic hydroxyl groups excluding tert-OH is 1. The average molecular weight is 340 g/mol. The molecule has 4 heterocycles. The second kappa shape index (κ2) is 5.42. The van der Waals surface area contributed by atoms with Gasteiger partial charge >= 0.3 is 0 Å². The molecule has 2 saturated heterocycles. The molecule has 2 aromatic heterocycles. The van der Waals surface area contributed by atoms with Crippen molar-refractivity contribution in [3.05, 3.63) is 41.7 Å². The summed E-state index contributed by atoms with van der Waals surface area (Å²) >= 11 is 0. The zero-order valence-corrected chi connectivity index (χ0v) is 14.2. The smallest absolute Gasteiger partial charge is 0.176 e. The van der Waals surface area contributed by atoms with Gasteiger partial charge in [-0.2, -0.15) is 0 Å². The van der Waals surface area contributed by atoms with Crippen LogP contribution in [-0.4, -0.2) is 46.2 Å². The first kappa shape index (κ1) is 15.1. The molecule has 0 aliphatic carbocycles. The third kappa shape index (κ3) is 2.18. The highest BCUT2D eigenvalue weighted by Crippen LogP contribution is 2.38. The fourth-order valence-electron chi connectivity index (χ4n) is 4.00. The molecule has 0 unspecified atom stereocenters. The van der Waals surface area contributed by atoms with E-state index in [0.717, 1.165) is 28.1 Å². The van der Waals surface area contributed by atoms with Crippen molar-refractivity contribution in [1.82, 2.24) is 9.55 Å². The minimum atomic E-state index is -0.558. The molecule has 2 aliphatic heterocycles. The summed E-state index contributed by atoms with van der Waals surface area (Å²) in [6.07, 6.45) is 2.72.